The van der Waals surface area contributed by atoms with Crippen molar-refractivity contribution in [3.8, 4) is 45.1 Å². The van der Waals surface area contributed by atoms with Gasteiger partial charge in [-0.15, -0.1) is 0 Å². The zero-order valence-corrected chi connectivity index (χ0v) is 26.2. The lowest BCUT2D eigenvalue weighted by Crippen LogP contribution is -1.91. The first-order valence-corrected chi connectivity index (χ1v) is 16.3. The molecule has 0 saturated heterocycles. The van der Waals surface area contributed by atoms with Gasteiger partial charge in [0.2, 0.25) is 5.89 Å². The summed E-state index contributed by atoms with van der Waals surface area (Å²) in [5.41, 5.74) is 10.6. The predicted octanol–water partition coefficient (Wildman–Crippen LogP) is 11.3. The molecule has 6 aromatic carbocycles. The lowest BCUT2D eigenvalue weighted by atomic mass is 9.92. The zero-order chi connectivity index (χ0) is 32.3. The average Bonchev–Trinajstić information content (AvgIpc) is 3.60. The van der Waals surface area contributed by atoms with E-state index < -0.39 is 0 Å². The van der Waals surface area contributed by atoms with E-state index in [4.69, 9.17) is 14.4 Å². The Bertz CT molecular complexity index is 2900. The topological polar surface area (TPSA) is 64.7 Å². The van der Waals surface area contributed by atoms with E-state index in [-0.39, 0.29) is 0 Å². The molecule has 0 saturated carbocycles. The molecule has 228 valence electrons. The first kappa shape index (κ1) is 27.4. The molecule has 10 aromatic rings. The van der Waals surface area contributed by atoms with Crippen LogP contribution in [0.5, 0.6) is 0 Å². The van der Waals surface area contributed by atoms with Crippen LogP contribution in [0.1, 0.15) is 0 Å². The van der Waals surface area contributed by atoms with E-state index in [1.807, 2.05) is 36.5 Å². The Balaban J connectivity index is 1.05. The molecule has 0 radical (unpaired) electrons. The van der Waals surface area contributed by atoms with Gasteiger partial charge < -0.3 is 4.42 Å². The Morgan fingerprint density at radius 2 is 1.16 bits per heavy atom. The molecule has 4 heterocycles. The van der Waals surface area contributed by atoms with E-state index in [1.54, 1.807) is 6.20 Å². The third-order valence-corrected chi connectivity index (χ3v) is 9.40. The molecule has 0 aliphatic rings. The minimum atomic E-state index is 0.523. The van der Waals surface area contributed by atoms with Crippen LogP contribution in [0, 0.1) is 0 Å². The monoisotopic (exact) mass is 626 g/mol. The van der Waals surface area contributed by atoms with Crippen LogP contribution >= 0.6 is 0 Å². The van der Waals surface area contributed by atoms with Crippen molar-refractivity contribution in [2.45, 2.75) is 0 Å². The zero-order valence-electron chi connectivity index (χ0n) is 26.2. The van der Waals surface area contributed by atoms with Gasteiger partial charge in [0.1, 0.15) is 11.2 Å². The fraction of sp³-hybridized carbons (Fsp3) is 0. The highest BCUT2D eigenvalue weighted by molar-refractivity contribution is 6.07. The van der Waals surface area contributed by atoms with Crippen molar-refractivity contribution in [1.29, 1.82) is 0 Å². The SMILES string of the molecule is c1cc(-c2ccc3oc(-c4nccc5ccccc45)nc3c2)cc(-c2ccc(-c3ccc4ccc5cccnc5c4n3)c3ccccc23)c1. The van der Waals surface area contributed by atoms with Gasteiger partial charge in [-0.25, -0.2) is 9.97 Å². The molecular formula is C44H26N4O. The van der Waals surface area contributed by atoms with Gasteiger partial charge in [0.15, 0.2) is 5.58 Å². The number of nitrogens with zero attached hydrogens (tertiary/aromatic N) is 4. The first-order valence-electron chi connectivity index (χ1n) is 16.3. The molecule has 0 aliphatic carbocycles. The number of hydrogen-bond acceptors (Lipinski definition) is 5. The number of hydrogen-bond donors (Lipinski definition) is 0. The molecule has 0 fully saturated rings. The van der Waals surface area contributed by atoms with Gasteiger partial charge in [-0.05, 0) is 74.8 Å². The van der Waals surface area contributed by atoms with Gasteiger partial charge in [0, 0.05) is 34.1 Å². The van der Waals surface area contributed by atoms with Crippen molar-refractivity contribution in [2.75, 3.05) is 0 Å². The van der Waals surface area contributed by atoms with E-state index >= 15 is 0 Å². The molecule has 0 N–H and O–H groups in total. The predicted molar refractivity (Wildman–Crippen MR) is 199 cm³/mol. The van der Waals surface area contributed by atoms with Gasteiger partial charge in [-0.1, -0.05) is 109 Å². The molecule has 0 atom stereocenters. The molecule has 5 heteroatoms. The summed E-state index contributed by atoms with van der Waals surface area (Å²) in [6.45, 7) is 0. The number of fused-ring (bicyclic) bond motifs is 6. The van der Waals surface area contributed by atoms with Crippen LogP contribution in [0.25, 0.3) is 99.5 Å². The molecule has 5 nitrogen and oxygen atoms in total. The van der Waals surface area contributed by atoms with Gasteiger partial charge in [0.25, 0.3) is 0 Å². The number of pyridine rings is 3. The van der Waals surface area contributed by atoms with Gasteiger partial charge in [0.05, 0.1) is 16.7 Å². The molecule has 0 aliphatic heterocycles. The van der Waals surface area contributed by atoms with Gasteiger partial charge in [-0.2, -0.15) is 0 Å². The van der Waals surface area contributed by atoms with E-state index in [0.29, 0.717) is 5.89 Å². The third-order valence-electron chi connectivity index (χ3n) is 9.40. The number of benzene rings is 6. The van der Waals surface area contributed by atoms with Crippen LogP contribution in [0.15, 0.2) is 162 Å². The molecule has 4 aromatic heterocycles. The largest absolute Gasteiger partial charge is 0.435 e. The van der Waals surface area contributed by atoms with Crippen LogP contribution in [-0.2, 0) is 0 Å². The molecule has 49 heavy (non-hydrogen) atoms. The van der Waals surface area contributed by atoms with Crippen LogP contribution in [0.4, 0.5) is 0 Å². The van der Waals surface area contributed by atoms with Gasteiger partial charge >= 0.3 is 0 Å². The summed E-state index contributed by atoms with van der Waals surface area (Å²) in [6.07, 6.45) is 3.64. The van der Waals surface area contributed by atoms with Crippen LogP contribution in [0.2, 0.25) is 0 Å². The van der Waals surface area contributed by atoms with Crippen molar-refractivity contribution >= 4 is 54.5 Å². The molecule has 0 spiro atoms. The van der Waals surface area contributed by atoms with E-state index in [9.17, 15) is 0 Å². The Morgan fingerprint density at radius 3 is 2.08 bits per heavy atom. The maximum atomic E-state index is 6.20. The number of oxazole rings is 1. The van der Waals surface area contributed by atoms with Crippen molar-refractivity contribution < 1.29 is 4.42 Å². The lowest BCUT2D eigenvalue weighted by Gasteiger charge is -2.13. The highest BCUT2D eigenvalue weighted by Gasteiger charge is 2.15. The van der Waals surface area contributed by atoms with Crippen molar-refractivity contribution in [3.05, 3.63) is 158 Å². The molecule has 0 bridgehead atoms. The summed E-state index contributed by atoms with van der Waals surface area (Å²) in [5.74, 6) is 0.523. The summed E-state index contributed by atoms with van der Waals surface area (Å²) < 4.78 is 6.20. The van der Waals surface area contributed by atoms with Crippen LogP contribution < -0.4 is 0 Å². The molecular weight excluding hydrogens is 601 g/mol. The van der Waals surface area contributed by atoms with Crippen LogP contribution in [0.3, 0.4) is 0 Å². The average molecular weight is 627 g/mol. The van der Waals surface area contributed by atoms with Crippen LogP contribution in [-0.4, -0.2) is 19.9 Å². The summed E-state index contributed by atoms with van der Waals surface area (Å²) in [7, 11) is 0. The standard InChI is InChI=1S/C44H26N4O/c1-2-11-34-27(7-1)22-24-46-43(34)44-48-39-26-31(17-21-40(39)49-44)30-8-5-9-32(25-30)33-18-19-37(36-13-4-3-12-35(33)36)38-20-16-29-15-14-28-10-6-23-45-41(28)42(29)47-38/h1-26H. The van der Waals surface area contributed by atoms with Gasteiger partial charge in [-0.3, -0.25) is 9.97 Å². The van der Waals surface area contributed by atoms with Crippen molar-refractivity contribution in [3.63, 3.8) is 0 Å². The lowest BCUT2D eigenvalue weighted by molar-refractivity contribution is 0.618. The summed E-state index contributed by atoms with van der Waals surface area (Å²) in [6, 6.07) is 50.6. The molecule has 10 rings (SSSR count). The maximum absolute atomic E-state index is 6.20. The Labute approximate surface area is 281 Å². The summed E-state index contributed by atoms with van der Waals surface area (Å²) in [5, 5.41) is 6.62. The van der Waals surface area contributed by atoms with E-state index in [0.717, 1.165) is 82.7 Å². The van der Waals surface area contributed by atoms with E-state index in [2.05, 4.69) is 125 Å². The maximum Gasteiger partial charge on any atom is 0.246 e. The number of aromatic nitrogens is 4. The second-order valence-corrected chi connectivity index (χ2v) is 12.3. The highest BCUT2D eigenvalue weighted by Crippen LogP contribution is 2.38. The van der Waals surface area contributed by atoms with Crippen molar-refractivity contribution in [2.24, 2.45) is 0 Å². The Hall–Kier alpha value is -6.72. The number of rotatable bonds is 4. The summed E-state index contributed by atoms with van der Waals surface area (Å²) >= 11 is 0. The Morgan fingerprint density at radius 1 is 0.429 bits per heavy atom. The summed E-state index contributed by atoms with van der Waals surface area (Å²) in [4.78, 5) is 19.3. The smallest absolute Gasteiger partial charge is 0.246 e. The molecule has 0 unspecified atom stereocenters. The first-order chi connectivity index (χ1) is 24.3. The minimum Gasteiger partial charge on any atom is -0.435 e. The third kappa shape index (κ3) is 4.55. The highest BCUT2D eigenvalue weighted by atomic mass is 16.3. The van der Waals surface area contributed by atoms with E-state index in [1.165, 1.54) is 10.9 Å². The fourth-order valence-corrected chi connectivity index (χ4v) is 7.01. The minimum absolute atomic E-state index is 0.523. The van der Waals surface area contributed by atoms with Crippen molar-refractivity contribution in [1.82, 2.24) is 19.9 Å². The normalized spacial score (nSPS) is 11.7. The second-order valence-electron chi connectivity index (χ2n) is 12.3. The second kappa shape index (κ2) is 10.9. The molecule has 0 amide bonds. The fourth-order valence-electron chi connectivity index (χ4n) is 7.01. The Kier molecular flexibility index (Phi) is 6.11. The quantitative estimate of drug-likeness (QED) is 0.182.